The highest BCUT2D eigenvalue weighted by molar-refractivity contribution is 5.78. The van der Waals surface area contributed by atoms with Gasteiger partial charge in [-0.1, -0.05) is 48.5 Å². The molecule has 1 aromatic heterocycles. The lowest BCUT2D eigenvalue weighted by atomic mass is 10.2. The summed E-state index contributed by atoms with van der Waals surface area (Å²) in [6.45, 7) is 2.55. The van der Waals surface area contributed by atoms with Gasteiger partial charge in [0.15, 0.2) is 0 Å². The maximum atomic E-state index is 12.1. The van der Waals surface area contributed by atoms with Crippen molar-refractivity contribution in [2.45, 2.75) is 19.4 Å². The van der Waals surface area contributed by atoms with E-state index in [0.717, 1.165) is 30.8 Å². The maximum absolute atomic E-state index is 12.1. The highest BCUT2D eigenvalue weighted by atomic mass is 16.1. The average Bonchev–Trinajstić information content (AvgIpc) is 3.15. The molecule has 0 radical (unpaired) electrons. The van der Waals surface area contributed by atoms with Crippen LogP contribution in [0.15, 0.2) is 73.1 Å². The fourth-order valence-electron chi connectivity index (χ4n) is 2.97. The molecule has 3 rings (SSSR count). The molecule has 0 bridgehead atoms. The normalized spacial score (nSPS) is 10.9. The van der Waals surface area contributed by atoms with E-state index < -0.39 is 0 Å². The SMILES string of the molecule is CN(CCCNC(=O)Cc1cnn(-c2ccccc2)c1)Cc1ccccc1. The third-order valence-electron chi connectivity index (χ3n) is 4.36. The number of benzene rings is 2. The molecule has 5 nitrogen and oxygen atoms in total. The van der Waals surface area contributed by atoms with Gasteiger partial charge in [-0.3, -0.25) is 4.79 Å². The molecule has 140 valence electrons. The van der Waals surface area contributed by atoms with E-state index in [1.807, 2.05) is 42.6 Å². The molecule has 5 heteroatoms. The van der Waals surface area contributed by atoms with Gasteiger partial charge in [-0.2, -0.15) is 5.10 Å². The molecule has 0 spiro atoms. The van der Waals surface area contributed by atoms with E-state index in [-0.39, 0.29) is 5.91 Å². The molecule has 0 saturated carbocycles. The van der Waals surface area contributed by atoms with Crippen LogP contribution in [0.5, 0.6) is 0 Å². The molecule has 0 saturated heterocycles. The van der Waals surface area contributed by atoms with E-state index in [9.17, 15) is 4.79 Å². The topological polar surface area (TPSA) is 50.2 Å². The Morgan fingerprint density at radius 1 is 1.04 bits per heavy atom. The van der Waals surface area contributed by atoms with E-state index in [1.165, 1.54) is 5.56 Å². The summed E-state index contributed by atoms with van der Waals surface area (Å²) in [5, 5.41) is 7.33. The Bertz CT molecular complexity index is 830. The van der Waals surface area contributed by atoms with Crippen molar-refractivity contribution in [1.29, 1.82) is 0 Å². The van der Waals surface area contributed by atoms with E-state index in [0.29, 0.717) is 13.0 Å². The predicted octanol–water partition coefficient (Wildman–Crippen LogP) is 3.05. The number of para-hydroxylation sites is 1. The van der Waals surface area contributed by atoms with Crippen molar-refractivity contribution in [3.05, 3.63) is 84.2 Å². The largest absolute Gasteiger partial charge is 0.356 e. The minimum atomic E-state index is 0.0355. The second-order valence-electron chi connectivity index (χ2n) is 6.73. The van der Waals surface area contributed by atoms with E-state index in [1.54, 1.807) is 10.9 Å². The van der Waals surface area contributed by atoms with Gasteiger partial charge in [-0.05, 0) is 43.3 Å². The summed E-state index contributed by atoms with van der Waals surface area (Å²) >= 11 is 0. The number of hydrogen-bond donors (Lipinski definition) is 1. The van der Waals surface area contributed by atoms with Crippen LogP contribution in [0, 0.1) is 0 Å². The van der Waals surface area contributed by atoms with Gasteiger partial charge in [-0.25, -0.2) is 4.68 Å². The quantitative estimate of drug-likeness (QED) is 0.595. The first kappa shape index (κ1) is 18.9. The first-order valence-electron chi connectivity index (χ1n) is 9.29. The Morgan fingerprint density at radius 2 is 1.74 bits per heavy atom. The molecule has 0 fully saturated rings. The minimum Gasteiger partial charge on any atom is -0.356 e. The van der Waals surface area contributed by atoms with Gasteiger partial charge < -0.3 is 10.2 Å². The molecule has 27 heavy (non-hydrogen) atoms. The Kier molecular flexibility index (Phi) is 6.77. The first-order chi connectivity index (χ1) is 13.2. The van der Waals surface area contributed by atoms with Crippen molar-refractivity contribution in [3.63, 3.8) is 0 Å². The zero-order chi connectivity index (χ0) is 18.9. The number of carbonyl (C=O) groups is 1. The van der Waals surface area contributed by atoms with Gasteiger partial charge in [0.05, 0.1) is 18.3 Å². The molecular weight excluding hydrogens is 336 g/mol. The zero-order valence-electron chi connectivity index (χ0n) is 15.7. The molecule has 0 aliphatic carbocycles. The number of carbonyl (C=O) groups excluding carboxylic acids is 1. The van der Waals surface area contributed by atoms with Crippen LogP contribution in [0.1, 0.15) is 17.5 Å². The number of nitrogens with one attached hydrogen (secondary N) is 1. The molecule has 0 aliphatic heterocycles. The fraction of sp³-hybridized carbons (Fsp3) is 0.273. The molecule has 1 amide bonds. The lowest BCUT2D eigenvalue weighted by Gasteiger charge is -2.16. The van der Waals surface area contributed by atoms with Crippen molar-refractivity contribution in [3.8, 4) is 5.69 Å². The van der Waals surface area contributed by atoms with Crippen molar-refractivity contribution in [1.82, 2.24) is 20.0 Å². The van der Waals surface area contributed by atoms with Gasteiger partial charge in [0.25, 0.3) is 0 Å². The third-order valence-corrected chi connectivity index (χ3v) is 4.36. The van der Waals surface area contributed by atoms with Crippen LogP contribution < -0.4 is 5.32 Å². The molecule has 0 atom stereocenters. The smallest absolute Gasteiger partial charge is 0.224 e. The lowest BCUT2D eigenvalue weighted by Crippen LogP contribution is -2.29. The molecule has 0 aliphatic rings. The maximum Gasteiger partial charge on any atom is 0.224 e. The average molecular weight is 362 g/mol. The summed E-state index contributed by atoms with van der Waals surface area (Å²) in [6.07, 6.45) is 4.94. The Balaban J connectivity index is 1.36. The van der Waals surface area contributed by atoms with E-state index in [4.69, 9.17) is 0 Å². The van der Waals surface area contributed by atoms with Crippen LogP contribution in [-0.2, 0) is 17.8 Å². The van der Waals surface area contributed by atoms with Gasteiger partial charge in [0.2, 0.25) is 5.91 Å². The fourth-order valence-corrected chi connectivity index (χ4v) is 2.97. The van der Waals surface area contributed by atoms with Crippen LogP contribution in [-0.4, -0.2) is 40.7 Å². The lowest BCUT2D eigenvalue weighted by molar-refractivity contribution is -0.120. The van der Waals surface area contributed by atoms with Crippen molar-refractivity contribution >= 4 is 5.91 Å². The van der Waals surface area contributed by atoms with Crippen LogP contribution in [0.4, 0.5) is 0 Å². The number of nitrogens with zero attached hydrogens (tertiary/aromatic N) is 3. The van der Waals surface area contributed by atoms with Gasteiger partial charge >= 0.3 is 0 Å². The number of aromatic nitrogens is 2. The third kappa shape index (κ3) is 6.08. The summed E-state index contributed by atoms with van der Waals surface area (Å²) in [5.74, 6) is 0.0355. The van der Waals surface area contributed by atoms with E-state index >= 15 is 0 Å². The monoisotopic (exact) mass is 362 g/mol. The minimum absolute atomic E-state index is 0.0355. The Morgan fingerprint density at radius 3 is 2.48 bits per heavy atom. The molecule has 1 heterocycles. The summed E-state index contributed by atoms with van der Waals surface area (Å²) in [7, 11) is 2.10. The molecular formula is C22H26N4O. The summed E-state index contributed by atoms with van der Waals surface area (Å²) in [5.41, 5.74) is 3.21. The number of rotatable bonds is 9. The molecule has 0 unspecified atom stereocenters. The standard InChI is InChI=1S/C22H26N4O/c1-25(17-19-9-4-2-5-10-19)14-8-13-23-22(27)15-20-16-24-26(18-20)21-11-6-3-7-12-21/h2-7,9-12,16,18H,8,13-15,17H2,1H3,(H,23,27). The van der Waals surface area contributed by atoms with Crippen LogP contribution in [0.2, 0.25) is 0 Å². The predicted molar refractivity (Wildman–Crippen MR) is 108 cm³/mol. The highest BCUT2D eigenvalue weighted by Crippen LogP contribution is 2.08. The summed E-state index contributed by atoms with van der Waals surface area (Å²) in [4.78, 5) is 14.4. The van der Waals surface area contributed by atoms with Gasteiger partial charge in [-0.15, -0.1) is 0 Å². The summed E-state index contributed by atoms with van der Waals surface area (Å²) < 4.78 is 1.79. The van der Waals surface area contributed by atoms with Crippen molar-refractivity contribution in [2.75, 3.05) is 20.1 Å². The van der Waals surface area contributed by atoms with Crippen molar-refractivity contribution in [2.24, 2.45) is 0 Å². The van der Waals surface area contributed by atoms with Crippen LogP contribution in [0.3, 0.4) is 0 Å². The van der Waals surface area contributed by atoms with E-state index in [2.05, 4.69) is 46.6 Å². The van der Waals surface area contributed by atoms with Gasteiger partial charge in [0, 0.05) is 19.3 Å². The van der Waals surface area contributed by atoms with Crippen LogP contribution >= 0.6 is 0 Å². The Labute approximate surface area is 160 Å². The molecule has 1 N–H and O–H groups in total. The number of hydrogen-bond acceptors (Lipinski definition) is 3. The van der Waals surface area contributed by atoms with Crippen LogP contribution in [0.25, 0.3) is 5.69 Å². The molecule has 2 aromatic carbocycles. The Hall–Kier alpha value is -2.92. The molecule has 3 aromatic rings. The van der Waals surface area contributed by atoms with Crippen molar-refractivity contribution < 1.29 is 4.79 Å². The zero-order valence-corrected chi connectivity index (χ0v) is 15.7. The second-order valence-corrected chi connectivity index (χ2v) is 6.73. The highest BCUT2D eigenvalue weighted by Gasteiger charge is 2.07. The number of amides is 1. The van der Waals surface area contributed by atoms with Gasteiger partial charge in [0.1, 0.15) is 0 Å². The summed E-state index contributed by atoms with van der Waals surface area (Å²) in [6, 6.07) is 20.3. The second kappa shape index (κ2) is 9.69. The first-order valence-corrected chi connectivity index (χ1v) is 9.29.